The smallest absolute Gasteiger partial charge is 0.239 e. The molecule has 1 unspecified atom stereocenters. The van der Waals surface area contributed by atoms with E-state index < -0.39 is 6.04 Å². The van der Waals surface area contributed by atoms with Crippen molar-refractivity contribution in [2.24, 2.45) is 11.7 Å². The molecule has 1 amide bonds. The maximum atomic E-state index is 11.8. The summed E-state index contributed by atoms with van der Waals surface area (Å²) in [5.41, 5.74) is 6.75. The van der Waals surface area contributed by atoms with E-state index in [1.807, 2.05) is 13.8 Å². The summed E-state index contributed by atoms with van der Waals surface area (Å²) in [5, 5.41) is 6.53. The number of hydrogen-bond donors (Lipinski definition) is 2. The van der Waals surface area contributed by atoms with Crippen LogP contribution in [0.15, 0.2) is 12.4 Å². The Labute approximate surface area is 89.6 Å². The average molecular weight is 210 g/mol. The van der Waals surface area contributed by atoms with E-state index in [2.05, 4.69) is 10.2 Å². The molecule has 0 bridgehead atoms. The second-order valence-electron chi connectivity index (χ2n) is 4.07. The van der Waals surface area contributed by atoms with Crippen molar-refractivity contribution in [1.29, 1.82) is 0 Å². The van der Waals surface area contributed by atoms with Crippen LogP contribution in [0.1, 0.15) is 19.4 Å². The molecule has 3 N–H and O–H groups in total. The van der Waals surface area contributed by atoms with Crippen molar-refractivity contribution in [3.05, 3.63) is 18.0 Å². The molecule has 0 radical (unpaired) electrons. The summed E-state index contributed by atoms with van der Waals surface area (Å²) in [6.45, 7) is 4.41. The molecule has 0 saturated carbocycles. The monoisotopic (exact) mass is 210 g/mol. The molecule has 0 aliphatic heterocycles. The second-order valence-corrected chi connectivity index (χ2v) is 4.07. The van der Waals surface area contributed by atoms with Crippen LogP contribution in [0, 0.1) is 5.92 Å². The van der Waals surface area contributed by atoms with Crippen molar-refractivity contribution in [1.82, 2.24) is 15.1 Å². The number of nitrogens with one attached hydrogen (secondary N) is 1. The number of nitrogens with two attached hydrogens (primary N) is 1. The van der Waals surface area contributed by atoms with Crippen LogP contribution in [-0.2, 0) is 11.3 Å². The molecule has 15 heavy (non-hydrogen) atoms. The Morgan fingerprint density at radius 3 is 2.80 bits per heavy atom. The molecular weight excluding hydrogens is 192 g/mol. The van der Waals surface area contributed by atoms with Gasteiger partial charge in [0, 0.05) is 25.4 Å². The summed E-state index contributed by atoms with van der Waals surface area (Å²) < 4.78 is 0. The van der Waals surface area contributed by atoms with Crippen LogP contribution in [0.5, 0.6) is 0 Å². The van der Waals surface area contributed by atoms with Crippen molar-refractivity contribution in [3.8, 4) is 0 Å². The SMILES string of the molecule is CC(C)C(N)C(=O)N(C)Cc1cn[nH]c1. The number of likely N-dealkylation sites (N-methyl/N-ethyl adjacent to an activating group) is 1. The highest BCUT2D eigenvalue weighted by atomic mass is 16.2. The van der Waals surface area contributed by atoms with Gasteiger partial charge in [-0.05, 0) is 5.92 Å². The van der Waals surface area contributed by atoms with E-state index in [-0.39, 0.29) is 11.8 Å². The molecule has 5 heteroatoms. The van der Waals surface area contributed by atoms with Crippen LogP contribution in [0.25, 0.3) is 0 Å². The van der Waals surface area contributed by atoms with Gasteiger partial charge in [0.05, 0.1) is 12.2 Å². The summed E-state index contributed by atoms with van der Waals surface area (Å²) in [6, 6.07) is -0.429. The minimum atomic E-state index is -0.429. The van der Waals surface area contributed by atoms with Gasteiger partial charge in [0.1, 0.15) is 0 Å². The Hall–Kier alpha value is -1.36. The largest absolute Gasteiger partial charge is 0.340 e. The minimum Gasteiger partial charge on any atom is -0.340 e. The third-order valence-electron chi connectivity index (χ3n) is 2.35. The second kappa shape index (κ2) is 4.93. The summed E-state index contributed by atoms with van der Waals surface area (Å²) in [6.07, 6.45) is 3.47. The van der Waals surface area contributed by atoms with Crippen LogP contribution in [0.4, 0.5) is 0 Å². The fourth-order valence-electron chi connectivity index (χ4n) is 1.26. The van der Waals surface area contributed by atoms with Crippen molar-refractivity contribution < 1.29 is 4.79 Å². The molecule has 0 spiro atoms. The first kappa shape index (κ1) is 11.7. The first-order valence-electron chi connectivity index (χ1n) is 5.00. The summed E-state index contributed by atoms with van der Waals surface area (Å²) >= 11 is 0. The molecule has 1 aromatic heterocycles. The fourth-order valence-corrected chi connectivity index (χ4v) is 1.26. The Kier molecular flexibility index (Phi) is 3.85. The van der Waals surface area contributed by atoms with Gasteiger partial charge in [0.25, 0.3) is 0 Å². The van der Waals surface area contributed by atoms with Gasteiger partial charge in [0.15, 0.2) is 0 Å². The van der Waals surface area contributed by atoms with Crippen LogP contribution in [-0.4, -0.2) is 34.1 Å². The van der Waals surface area contributed by atoms with Crippen molar-refractivity contribution in [2.45, 2.75) is 26.4 Å². The van der Waals surface area contributed by atoms with Crippen molar-refractivity contribution in [2.75, 3.05) is 7.05 Å². The third-order valence-corrected chi connectivity index (χ3v) is 2.35. The Morgan fingerprint density at radius 2 is 2.33 bits per heavy atom. The first-order valence-corrected chi connectivity index (χ1v) is 5.00. The van der Waals surface area contributed by atoms with Crippen LogP contribution in [0.3, 0.4) is 0 Å². The maximum absolute atomic E-state index is 11.8. The molecule has 0 fully saturated rings. The molecule has 0 aliphatic rings. The normalized spacial score (nSPS) is 12.9. The minimum absolute atomic E-state index is 0.0359. The van der Waals surface area contributed by atoms with Crippen LogP contribution in [0.2, 0.25) is 0 Å². The number of H-pyrrole nitrogens is 1. The summed E-state index contributed by atoms with van der Waals surface area (Å²) in [5.74, 6) is 0.121. The molecule has 0 aliphatic carbocycles. The lowest BCUT2D eigenvalue weighted by Crippen LogP contribution is -2.44. The van der Waals surface area contributed by atoms with E-state index in [4.69, 9.17) is 5.73 Å². The van der Waals surface area contributed by atoms with E-state index in [1.54, 1.807) is 24.3 Å². The number of aromatic amines is 1. The van der Waals surface area contributed by atoms with Crippen LogP contribution >= 0.6 is 0 Å². The van der Waals surface area contributed by atoms with Crippen molar-refractivity contribution >= 4 is 5.91 Å². The first-order chi connectivity index (χ1) is 7.02. The average Bonchev–Trinajstić information content (AvgIpc) is 2.67. The van der Waals surface area contributed by atoms with E-state index in [1.165, 1.54) is 0 Å². The fraction of sp³-hybridized carbons (Fsp3) is 0.600. The van der Waals surface area contributed by atoms with E-state index in [0.717, 1.165) is 5.56 Å². The summed E-state index contributed by atoms with van der Waals surface area (Å²) in [4.78, 5) is 13.4. The highest BCUT2D eigenvalue weighted by molar-refractivity contribution is 5.81. The Balaban J connectivity index is 2.54. The Morgan fingerprint density at radius 1 is 1.67 bits per heavy atom. The molecule has 1 aromatic rings. The number of hydrogen-bond acceptors (Lipinski definition) is 3. The van der Waals surface area contributed by atoms with Gasteiger partial charge in [-0.15, -0.1) is 0 Å². The number of carbonyl (C=O) groups excluding carboxylic acids is 1. The van der Waals surface area contributed by atoms with Gasteiger partial charge in [-0.1, -0.05) is 13.8 Å². The molecule has 1 atom stereocenters. The van der Waals surface area contributed by atoms with Gasteiger partial charge >= 0.3 is 0 Å². The summed E-state index contributed by atoms with van der Waals surface area (Å²) in [7, 11) is 1.75. The van der Waals surface area contributed by atoms with E-state index in [0.29, 0.717) is 6.54 Å². The Bertz CT molecular complexity index is 307. The van der Waals surface area contributed by atoms with Gasteiger partial charge in [-0.2, -0.15) is 5.10 Å². The number of rotatable bonds is 4. The highest BCUT2D eigenvalue weighted by Gasteiger charge is 2.20. The highest BCUT2D eigenvalue weighted by Crippen LogP contribution is 2.05. The maximum Gasteiger partial charge on any atom is 0.239 e. The number of amides is 1. The van der Waals surface area contributed by atoms with Crippen LogP contribution < -0.4 is 5.73 Å². The lowest BCUT2D eigenvalue weighted by Gasteiger charge is -2.22. The standard InChI is InChI=1S/C10H18N4O/c1-7(2)9(11)10(15)14(3)6-8-4-12-13-5-8/h4-5,7,9H,6,11H2,1-3H3,(H,12,13). The van der Waals surface area contributed by atoms with Gasteiger partial charge in [0.2, 0.25) is 5.91 Å². The zero-order valence-electron chi connectivity index (χ0n) is 9.40. The third kappa shape index (κ3) is 3.06. The molecule has 1 heterocycles. The molecule has 1 rings (SSSR count). The van der Waals surface area contributed by atoms with Crippen molar-refractivity contribution in [3.63, 3.8) is 0 Å². The van der Waals surface area contributed by atoms with Gasteiger partial charge in [-0.25, -0.2) is 0 Å². The molecule has 0 aromatic carbocycles. The number of aromatic nitrogens is 2. The molecule has 84 valence electrons. The molecule has 5 nitrogen and oxygen atoms in total. The lowest BCUT2D eigenvalue weighted by atomic mass is 10.0. The molecule has 0 saturated heterocycles. The number of nitrogens with zero attached hydrogens (tertiary/aromatic N) is 2. The number of carbonyl (C=O) groups is 1. The van der Waals surface area contributed by atoms with E-state index in [9.17, 15) is 4.79 Å². The van der Waals surface area contributed by atoms with Gasteiger partial charge in [-0.3, -0.25) is 9.89 Å². The van der Waals surface area contributed by atoms with E-state index >= 15 is 0 Å². The predicted octanol–water partition coefficient (Wildman–Crippen LogP) is 0.351. The molecular formula is C10H18N4O. The zero-order valence-corrected chi connectivity index (χ0v) is 9.40. The predicted molar refractivity (Wildman–Crippen MR) is 57.9 cm³/mol. The quantitative estimate of drug-likeness (QED) is 0.753. The van der Waals surface area contributed by atoms with Gasteiger partial charge < -0.3 is 10.6 Å². The lowest BCUT2D eigenvalue weighted by molar-refractivity contribution is -0.132. The topological polar surface area (TPSA) is 75.0 Å². The zero-order chi connectivity index (χ0) is 11.4.